The van der Waals surface area contributed by atoms with Gasteiger partial charge in [-0.3, -0.25) is 4.90 Å². The fourth-order valence-corrected chi connectivity index (χ4v) is 3.41. The van der Waals surface area contributed by atoms with Gasteiger partial charge in [-0.2, -0.15) is 0 Å². The molecule has 1 aliphatic rings. The van der Waals surface area contributed by atoms with E-state index in [-0.39, 0.29) is 5.41 Å². The molecule has 1 unspecified atom stereocenters. The second kappa shape index (κ2) is 8.19. The van der Waals surface area contributed by atoms with Gasteiger partial charge in [0.2, 0.25) is 0 Å². The topological polar surface area (TPSA) is 12.5 Å². The van der Waals surface area contributed by atoms with Crippen LogP contribution in [0.4, 0.5) is 0 Å². The zero-order chi connectivity index (χ0) is 16.9. The fourth-order valence-electron chi connectivity index (χ4n) is 3.41. The van der Waals surface area contributed by atoms with E-state index in [1.54, 1.807) is 0 Å². The largest absolute Gasteiger partial charge is 0.492 e. The van der Waals surface area contributed by atoms with Crippen LogP contribution in [0.5, 0.6) is 5.75 Å². The van der Waals surface area contributed by atoms with Crippen LogP contribution in [0.2, 0.25) is 0 Å². The van der Waals surface area contributed by atoms with Gasteiger partial charge in [-0.05, 0) is 54.8 Å². The molecule has 23 heavy (non-hydrogen) atoms. The third-order valence-corrected chi connectivity index (χ3v) is 5.91. The van der Waals surface area contributed by atoms with Crippen molar-refractivity contribution in [1.82, 2.24) is 4.90 Å². The van der Waals surface area contributed by atoms with Crippen LogP contribution in [0.25, 0.3) is 0 Å². The summed E-state index contributed by atoms with van der Waals surface area (Å²) in [4.78, 5) is 2.61. The van der Waals surface area contributed by atoms with E-state index in [9.17, 15) is 0 Å². The smallest absolute Gasteiger partial charge is 0.119 e. The molecule has 0 N–H and O–H groups in total. The molecule has 2 rings (SSSR count). The van der Waals surface area contributed by atoms with Gasteiger partial charge in [-0.15, -0.1) is 0 Å². The number of ether oxygens (including phenoxy) is 1. The molecule has 0 bridgehead atoms. The van der Waals surface area contributed by atoms with Gasteiger partial charge >= 0.3 is 0 Å². The summed E-state index contributed by atoms with van der Waals surface area (Å²) in [5, 5.41) is 0. The van der Waals surface area contributed by atoms with Crippen LogP contribution in [0.3, 0.4) is 0 Å². The molecule has 0 saturated carbocycles. The molecule has 1 saturated heterocycles. The van der Waals surface area contributed by atoms with Gasteiger partial charge in [0.25, 0.3) is 0 Å². The van der Waals surface area contributed by atoms with Crippen LogP contribution in [-0.4, -0.2) is 30.6 Å². The Bertz CT molecular complexity index is 463. The molecule has 130 valence electrons. The second-order valence-corrected chi connectivity index (χ2v) is 7.84. The highest BCUT2D eigenvalue weighted by atomic mass is 16.5. The predicted octanol–water partition coefficient (Wildman–Crippen LogP) is 5.26. The van der Waals surface area contributed by atoms with E-state index in [0.717, 1.165) is 24.9 Å². The van der Waals surface area contributed by atoms with Gasteiger partial charge in [0.15, 0.2) is 0 Å². The monoisotopic (exact) mass is 317 g/mol. The molecular weight excluding hydrogens is 282 g/mol. The Morgan fingerprint density at radius 3 is 2.48 bits per heavy atom. The standard InChI is InChI=1S/C21H35NO/c1-6-19-9-7-8-14-22(19)15-16-23-20-12-10-18(11-13-20)21(4,5)17(2)3/h10-13,17,19H,6-9,14-16H2,1-5H3. The fraction of sp³-hybridized carbons (Fsp3) is 0.714. The molecule has 1 heterocycles. The first-order valence-corrected chi connectivity index (χ1v) is 9.42. The molecule has 2 nitrogen and oxygen atoms in total. The first-order valence-electron chi connectivity index (χ1n) is 9.42. The maximum atomic E-state index is 5.99. The molecule has 0 aromatic heterocycles. The van der Waals surface area contributed by atoms with Gasteiger partial charge in [-0.25, -0.2) is 0 Å². The van der Waals surface area contributed by atoms with Crippen molar-refractivity contribution >= 4 is 0 Å². The van der Waals surface area contributed by atoms with Gasteiger partial charge in [0.1, 0.15) is 12.4 Å². The predicted molar refractivity (Wildman–Crippen MR) is 99.3 cm³/mol. The normalized spacial score (nSPS) is 20.0. The summed E-state index contributed by atoms with van der Waals surface area (Å²) in [5.41, 5.74) is 1.60. The lowest BCUT2D eigenvalue weighted by Gasteiger charge is -2.35. The van der Waals surface area contributed by atoms with Gasteiger partial charge in [-0.1, -0.05) is 53.2 Å². The highest BCUT2D eigenvalue weighted by Crippen LogP contribution is 2.32. The number of benzene rings is 1. The second-order valence-electron chi connectivity index (χ2n) is 7.84. The maximum absolute atomic E-state index is 5.99. The third-order valence-electron chi connectivity index (χ3n) is 5.91. The first kappa shape index (κ1) is 18.3. The summed E-state index contributed by atoms with van der Waals surface area (Å²) >= 11 is 0. The molecule has 1 aromatic carbocycles. The Balaban J connectivity index is 1.84. The quantitative estimate of drug-likeness (QED) is 0.680. The Labute approximate surface area is 143 Å². The molecule has 1 fully saturated rings. The van der Waals surface area contributed by atoms with Crippen LogP contribution in [0, 0.1) is 5.92 Å². The lowest BCUT2D eigenvalue weighted by Crippen LogP contribution is -2.41. The van der Waals surface area contributed by atoms with Crippen molar-refractivity contribution in [3.63, 3.8) is 0 Å². The average molecular weight is 318 g/mol. The number of rotatable bonds is 7. The maximum Gasteiger partial charge on any atom is 0.119 e. The van der Waals surface area contributed by atoms with Crippen molar-refractivity contribution in [2.24, 2.45) is 5.92 Å². The number of nitrogens with zero attached hydrogens (tertiary/aromatic N) is 1. The summed E-state index contributed by atoms with van der Waals surface area (Å²) in [6.07, 6.45) is 5.35. The lowest BCUT2D eigenvalue weighted by molar-refractivity contribution is 0.120. The van der Waals surface area contributed by atoms with Crippen molar-refractivity contribution in [2.75, 3.05) is 19.7 Å². The van der Waals surface area contributed by atoms with E-state index in [4.69, 9.17) is 4.74 Å². The SMILES string of the molecule is CCC1CCCCN1CCOc1ccc(C(C)(C)C(C)C)cc1. The van der Waals surface area contributed by atoms with Crippen molar-refractivity contribution in [2.45, 2.75) is 71.8 Å². The van der Waals surface area contributed by atoms with Gasteiger partial charge in [0.05, 0.1) is 0 Å². The Morgan fingerprint density at radius 1 is 1.17 bits per heavy atom. The molecule has 1 aliphatic heterocycles. The minimum Gasteiger partial charge on any atom is -0.492 e. The van der Waals surface area contributed by atoms with Crippen LogP contribution in [0.1, 0.15) is 65.9 Å². The molecule has 0 aliphatic carbocycles. The number of hydrogen-bond donors (Lipinski definition) is 0. The minimum absolute atomic E-state index is 0.209. The van der Waals surface area contributed by atoms with Crippen LogP contribution in [0.15, 0.2) is 24.3 Å². The zero-order valence-electron chi connectivity index (χ0n) is 15.8. The van der Waals surface area contributed by atoms with E-state index in [1.807, 2.05) is 0 Å². The van der Waals surface area contributed by atoms with Crippen molar-refractivity contribution in [1.29, 1.82) is 0 Å². The molecule has 0 radical (unpaired) electrons. The van der Waals surface area contributed by atoms with E-state index in [0.29, 0.717) is 5.92 Å². The first-order chi connectivity index (χ1) is 10.9. The van der Waals surface area contributed by atoms with E-state index >= 15 is 0 Å². The van der Waals surface area contributed by atoms with E-state index in [1.165, 1.54) is 37.8 Å². The summed E-state index contributed by atoms with van der Waals surface area (Å²) in [6.45, 7) is 14.6. The zero-order valence-corrected chi connectivity index (χ0v) is 15.8. The van der Waals surface area contributed by atoms with Gasteiger partial charge < -0.3 is 4.74 Å². The van der Waals surface area contributed by atoms with Crippen molar-refractivity contribution in [3.05, 3.63) is 29.8 Å². The number of hydrogen-bond acceptors (Lipinski definition) is 2. The third kappa shape index (κ3) is 4.73. The minimum atomic E-state index is 0.209. The summed E-state index contributed by atoms with van der Waals surface area (Å²) in [5.74, 6) is 1.62. The van der Waals surface area contributed by atoms with Crippen molar-refractivity contribution < 1.29 is 4.74 Å². The van der Waals surface area contributed by atoms with Crippen LogP contribution < -0.4 is 4.74 Å². The number of piperidine rings is 1. The highest BCUT2D eigenvalue weighted by Gasteiger charge is 2.24. The molecule has 2 heteroatoms. The summed E-state index contributed by atoms with van der Waals surface area (Å²) in [7, 11) is 0. The average Bonchev–Trinajstić information content (AvgIpc) is 2.55. The summed E-state index contributed by atoms with van der Waals surface area (Å²) in [6, 6.07) is 9.48. The molecule has 1 aromatic rings. The van der Waals surface area contributed by atoms with Gasteiger partial charge in [0, 0.05) is 12.6 Å². The number of likely N-dealkylation sites (tertiary alicyclic amines) is 1. The Hall–Kier alpha value is -1.02. The lowest BCUT2D eigenvalue weighted by atomic mass is 9.75. The Kier molecular flexibility index (Phi) is 6.52. The molecule has 0 spiro atoms. The van der Waals surface area contributed by atoms with Crippen LogP contribution in [-0.2, 0) is 5.41 Å². The van der Waals surface area contributed by atoms with E-state index in [2.05, 4.69) is 63.8 Å². The Morgan fingerprint density at radius 2 is 1.87 bits per heavy atom. The molecular formula is C21H35NO. The molecule has 0 amide bonds. The molecule has 1 atom stereocenters. The van der Waals surface area contributed by atoms with E-state index < -0.39 is 0 Å². The van der Waals surface area contributed by atoms with Crippen molar-refractivity contribution in [3.8, 4) is 5.75 Å². The van der Waals surface area contributed by atoms with Crippen LogP contribution >= 0.6 is 0 Å². The summed E-state index contributed by atoms with van der Waals surface area (Å²) < 4.78 is 5.99. The highest BCUT2D eigenvalue weighted by molar-refractivity contribution is 5.32.